The summed E-state index contributed by atoms with van der Waals surface area (Å²) in [6, 6.07) is 0.285. The van der Waals surface area contributed by atoms with Crippen LogP contribution < -0.4 is 0 Å². The summed E-state index contributed by atoms with van der Waals surface area (Å²) < 4.78 is 4.29. The predicted octanol–water partition coefficient (Wildman–Crippen LogP) is 3.66. The van der Waals surface area contributed by atoms with Crippen molar-refractivity contribution in [1.82, 2.24) is 24.3 Å². The molecule has 6 heteroatoms. The Bertz CT molecular complexity index is 948. The lowest BCUT2D eigenvalue weighted by Gasteiger charge is -2.16. The van der Waals surface area contributed by atoms with Crippen LogP contribution >= 0.6 is 0 Å². The summed E-state index contributed by atoms with van der Waals surface area (Å²) in [6.07, 6.45) is 11.6. The van der Waals surface area contributed by atoms with E-state index < -0.39 is 0 Å². The van der Waals surface area contributed by atoms with Gasteiger partial charge in [-0.05, 0) is 39.5 Å². The van der Waals surface area contributed by atoms with E-state index in [4.69, 9.17) is 15.1 Å². The van der Waals surface area contributed by atoms with E-state index in [0.29, 0.717) is 11.8 Å². The van der Waals surface area contributed by atoms with Crippen molar-refractivity contribution < 1.29 is 0 Å². The van der Waals surface area contributed by atoms with Gasteiger partial charge >= 0.3 is 0 Å². The third kappa shape index (κ3) is 2.60. The lowest BCUT2D eigenvalue weighted by Crippen LogP contribution is -2.21. The molecule has 2 aliphatic carbocycles. The molecule has 2 aromatic heterocycles. The highest BCUT2D eigenvalue weighted by atomic mass is 15.4. The third-order valence-corrected chi connectivity index (χ3v) is 6.57. The first kappa shape index (κ1) is 16.9. The molecule has 27 heavy (non-hydrogen) atoms. The molecule has 0 spiro atoms. The molecule has 6 nitrogen and oxygen atoms in total. The van der Waals surface area contributed by atoms with Gasteiger partial charge in [0.05, 0.1) is 24.0 Å². The molecule has 0 radical (unpaired) electrons. The van der Waals surface area contributed by atoms with Crippen LogP contribution in [0.4, 0.5) is 0 Å². The van der Waals surface area contributed by atoms with Gasteiger partial charge in [0.2, 0.25) is 0 Å². The van der Waals surface area contributed by atoms with Crippen molar-refractivity contribution in [2.75, 3.05) is 6.54 Å². The highest BCUT2D eigenvalue weighted by Gasteiger charge is 2.57. The van der Waals surface area contributed by atoms with Gasteiger partial charge in [-0.3, -0.25) is 4.99 Å². The number of aromatic nitrogens is 5. The molecule has 3 aliphatic rings. The van der Waals surface area contributed by atoms with Crippen molar-refractivity contribution in [3.63, 3.8) is 0 Å². The number of hydrogen-bond donors (Lipinski definition) is 0. The molecule has 0 saturated heterocycles. The maximum atomic E-state index is 5.08. The summed E-state index contributed by atoms with van der Waals surface area (Å²) >= 11 is 0. The number of rotatable bonds is 3. The van der Waals surface area contributed by atoms with Crippen LogP contribution in [0, 0.1) is 0 Å². The standard InChI is InChI=1S/C21H28N6/c1-13-11-22-14(2)19-24-18(25-27(13)19)16-10-21(16,3)20-23-17(12-26(20)4)15-8-6-5-7-9-15/h6,8,12-13,15-16H,5,7,9-11H2,1-4H3/t13?,15?,16-,21+/m0/s1. The zero-order valence-electron chi connectivity index (χ0n) is 16.7. The molecule has 5 rings (SSSR count). The third-order valence-electron chi connectivity index (χ3n) is 6.57. The molecule has 0 N–H and O–H groups in total. The number of nitrogens with zero attached hydrogens (tertiary/aromatic N) is 6. The van der Waals surface area contributed by atoms with Crippen LogP contribution in [0.3, 0.4) is 0 Å². The van der Waals surface area contributed by atoms with Gasteiger partial charge in [0.1, 0.15) is 5.82 Å². The van der Waals surface area contributed by atoms with Crippen molar-refractivity contribution in [2.24, 2.45) is 12.0 Å². The Morgan fingerprint density at radius 2 is 2.11 bits per heavy atom. The quantitative estimate of drug-likeness (QED) is 0.781. The number of aliphatic imine (C=N–C) groups is 1. The van der Waals surface area contributed by atoms with Gasteiger partial charge in [-0.15, -0.1) is 0 Å². The van der Waals surface area contributed by atoms with Gasteiger partial charge in [-0.1, -0.05) is 19.1 Å². The summed E-state index contributed by atoms with van der Waals surface area (Å²) in [5.41, 5.74) is 2.23. The number of aryl methyl sites for hydroxylation is 1. The summed E-state index contributed by atoms with van der Waals surface area (Å²) in [5, 5.41) is 4.87. The van der Waals surface area contributed by atoms with E-state index in [2.05, 4.69) is 53.5 Å². The Morgan fingerprint density at radius 1 is 1.26 bits per heavy atom. The van der Waals surface area contributed by atoms with Crippen molar-refractivity contribution in [2.45, 2.75) is 69.7 Å². The summed E-state index contributed by atoms with van der Waals surface area (Å²) in [4.78, 5) is 14.5. The van der Waals surface area contributed by atoms with E-state index in [1.807, 2.05) is 6.92 Å². The smallest absolute Gasteiger partial charge is 0.172 e. The van der Waals surface area contributed by atoms with Gasteiger partial charge < -0.3 is 4.57 Å². The highest BCUT2D eigenvalue weighted by molar-refractivity contribution is 5.96. The number of fused-ring (bicyclic) bond motifs is 1. The van der Waals surface area contributed by atoms with Gasteiger partial charge in [0.15, 0.2) is 11.6 Å². The van der Waals surface area contributed by atoms with E-state index in [1.165, 1.54) is 30.8 Å². The van der Waals surface area contributed by atoms with Crippen LogP contribution in [0.2, 0.25) is 0 Å². The Kier molecular flexibility index (Phi) is 3.68. The largest absolute Gasteiger partial charge is 0.337 e. The second-order valence-corrected chi connectivity index (χ2v) is 8.75. The summed E-state index contributed by atoms with van der Waals surface area (Å²) in [6.45, 7) is 7.30. The molecular weight excluding hydrogens is 336 g/mol. The highest BCUT2D eigenvalue weighted by Crippen LogP contribution is 2.59. The zero-order chi connectivity index (χ0) is 18.8. The average Bonchev–Trinajstić information content (AvgIpc) is 3.02. The summed E-state index contributed by atoms with van der Waals surface area (Å²) in [5.74, 6) is 3.88. The van der Waals surface area contributed by atoms with E-state index in [9.17, 15) is 0 Å². The molecule has 2 aromatic rings. The fraction of sp³-hybridized carbons (Fsp3) is 0.619. The molecule has 1 saturated carbocycles. The molecule has 0 bridgehead atoms. The number of imidazole rings is 1. The molecule has 1 aliphatic heterocycles. The SMILES string of the molecule is CC1=NCC(C)n2nc([C@@H]3C[C@@]3(C)c3nc(C4C=CCCC4)cn3C)nc21. The Hall–Kier alpha value is -2.24. The van der Waals surface area contributed by atoms with Crippen molar-refractivity contribution in [1.29, 1.82) is 0 Å². The Labute approximate surface area is 160 Å². The zero-order valence-corrected chi connectivity index (χ0v) is 16.7. The van der Waals surface area contributed by atoms with Gasteiger partial charge in [0, 0.05) is 30.5 Å². The first-order valence-corrected chi connectivity index (χ1v) is 10.2. The molecule has 0 amide bonds. The second-order valence-electron chi connectivity index (χ2n) is 8.75. The fourth-order valence-corrected chi connectivity index (χ4v) is 4.70. The summed E-state index contributed by atoms with van der Waals surface area (Å²) in [7, 11) is 2.13. The first-order valence-electron chi connectivity index (χ1n) is 10.2. The van der Waals surface area contributed by atoms with Crippen LogP contribution in [0.15, 0.2) is 23.3 Å². The number of hydrogen-bond acceptors (Lipinski definition) is 4. The van der Waals surface area contributed by atoms with Crippen LogP contribution in [0.25, 0.3) is 0 Å². The van der Waals surface area contributed by atoms with Gasteiger partial charge in [0.25, 0.3) is 0 Å². The van der Waals surface area contributed by atoms with Crippen LogP contribution in [0.1, 0.15) is 87.5 Å². The van der Waals surface area contributed by atoms with E-state index in [-0.39, 0.29) is 11.5 Å². The predicted molar refractivity (Wildman–Crippen MR) is 105 cm³/mol. The van der Waals surface area contributed by atoms with Gasteiger partial charge in [-0.25, -0.2) is 14.6 Å². The van der Waals surface area contributed by atoms with Crippen LogP contribution in [-0.4, -0.2) is 36.6 Å². The lowest BCUT2D eigenvalue weighted by atomic mass is 9.93. The fourth-order valence-electron chi connectivity index (χ4n) is 4.70. The Morgan fingerprint density at radius 3 is 2.85 bits per heavy atom. The molecule has 142 valence electrons. The van der Waals surface area contributed by atoms with E-state index >= 15 is 0 Å². The topological polar surface area (TPSA) is 60.9 Å². The molecular formula is C21H28N6. The lowest BCUT2D eigenvalue weighted by molar-refractivity contribution is 0.480. The van der Waals surface area contributed by atoms with Crippen molar-refractivity contribution in [3.8, 4) is 0 Å². The molecule has 4 atom stereocenters. The first-order chi connectivity index (χ1) is 13.0. The van der Waals surface area contributed by atoms with E-state index in [0.717, 1.165) is 30.3 Å². The van der Waals surface area contributed by atoms with Crippen LogP contribution in [0.5, 0.6) is 0 Å². The van der Waals surface area contributed by atoms with E-state index in [1.54, 1.807) is 0 Å². The second kappa shape index (κ2) is 5.88. The van der Waals surface area contributed by atoms with Crippen molar-refractivity contribution >= 4 is 5.71 Å². The minimum absolute atomic E-state index is 0.0250. The van der Waals surface area contributed by atoms with Crippen molar-refractivity contribution in [3.05, 3.63) is 41.5 Å². The minimum atomic E-state index is 0.0250. The minimum Gasteiger partial charge on any atom is -0.337 e. The molecule has 0 aromatic carbocycles. The molecule has 2 unspecified atom stereocenters. The Balaban J connectivity index is 1.44. The molecule has 1 fully saturated rings. The molecule has 3 heterocycles. The van der Waals surface area contributed by atoms with Crippen LogP contribution in [-0.2, 0) is 12.5 Å². The maximum absolute atomic E-state index is 5.08. The maximum Gasteiger partial charge on any atom is 0.172 e. The normalized spacial score (nSPS) is 32.3. The van der Waals surface area contributed by atoms with Gasteiger partial charge in [-0.2, -0.15) is 5.10 Å². The number of allylic oxidation sites excluding steroid dienone is 2. The average molecular weight is 364 g/mol. The monoisotopic (exact) mass is 364 g/mol.